The maximum Gasteiger partial charge on any atom is 0.419 e. The highest BCUT2D eigenvalue weighted by Crippen LogP contribution is 2.30. The van der Waals surface area contributed by atoms with Crippen LogP contribution in [0.15, 0.2) is 36.7 Å². The molecular weight excluding hydrogens is 304 g/mol. The van der Waals surface area contributed by atoms with Crippen LogP contribution in [-0.4, -0.2) is 33.0 Å². The van der Waals surface area contributed by atoms with E-state index in [4.69, 9.17) is 9.84 Å². The second-order valence-electron chi connectivity index (χ2n) is 6.89. The first-order valence-corrected chi connectivity index (χ1v) is 8.12. The summed E-state index contributed by atoms with van der Waals surface area (Å²) < 4.78 is 7.19. The lowest BCUT2D eigenvalue weighted by molar-refractivity contribution is 0.0551. The van der Waals surface area contributed by atoms with Crippen molar-refractivity contribution in [1.29, 1.82) is 0 Å². The summed E-state index contributed by atoms with van der Waals surface area (Å²) in [4.78, 5) is 16.9. The van der Waals surface area contributed by atoms with E-state index in [-0.39, 0.29) is 6.61 Å². The second kappa shape index (κ2) is 6.24. The molecule has 0 saturated heterocycles. The monoisotopic (exact) mass is 326 g/mol. The third kappa shape index (κ3) is 3.12. The van der Waals surface area contributed by atoms with Crippen LogP contribution in [0.1, 0.15) is 32.8 Å². The lowest BCUT2D eigenvalue weighted by atomic mass is 10.1. The minimum atomic E-state index is -0.568. The first-order valence-electron chi connectivity index (χ1n) is 8.12. The van der Waals surface area contributed by atoms with Crippen LogP contribution in [0.3, 0.4) is 0 Å². The molecule has 2 aromatic heterocycles. The van der Waals surface area contributed by atoms with Gasteiger partial charge in [-0.05, 0) is 51.3 Å². The van der Waals surface area contributed by atoms with E-state index in [0.29, 0.717) is 6.42 Å². The Hall–Kier alpha value is -2.40. The molecule has 24 heavy (non-hydrogen) atoms. The molecule has 0 amide bonds. The van der Waals surface area contributed by atoms with Crippen LogP contribution in [0.25, 0.3) is 21.8 Å². The first-order chi connectivity index (χ1) is 11.4. The number of hydrogen-bond acceptors (Lipinski definition) is 4. The minimum Gasteiger partial charge on any atom is -0.443 e. The number of benzene rings is 1. The van der Waals surface area contributed by atoms with Crippen LogP contribution in [0.4, 0.5) is 4.79 Å². The predicted molar refractivity (Wildman–Crippen MR) is 94.3 cm³/mol. The van der Waals surface area contributed by atoms with Gasteiger partial charge in [0.1, 0.15) is 5.60 Å². The molecule has 0 unspecified atom stereocenters. The molecule has 5 nitrogen and oxygen atoms in total. The fourth-order valence-corrected chi connectivity index (χ4v) is 2.85. The molecule has 0 fully saturated rings. The molecule has 0 saturated carbocycles. The SMILES string of the molecule is CC(C)(C)OC(=O)n1c2ccncc2c2ccc(CCCO)cc21. The zero-order valence-corrected chi connectivity index (χ0v) is 14.2. The molecule has 1 aromatic carbocycles. The van der Waals surface area contributed by atoms with E-state index in [9.17, 15) is 4.79 Å². The summed E-state index contributed by atoms with van der Waals surface area (Å²) in [7, 11) is 0. The van der Waals surface area contributed by atoms with Crippen LogP contribution in [0.2, 0.25) is 0 Å². The second-order valence-corrected chi connectivity index (χ2v) is 6.89. The molecule has 2 heterocycles. The Bertz CT molecular complexity index is 891. The van der Waals surface area contributed by atoms with Gasteiger partial charge in [-0.1, -0.05) is 12.1 Å². The van der Waals surface area contributed by atoms with Crippen molar-refractivity contribution in [2.45, 2.75) is 39.2 Å². The first kappa shape index (κ1) is 16.5. The van der Waals surface area contributed by atoms with E-state index in [2.05, 4.69) is 4.98 Å². The molecule has 0 aliphatic rings. The van der Waals surface area contributed by atoms with Gasteiger partial charge >= 0.3 is 6.09 Å². The van der Waals surface area contributed by atoms with Crippen molar-refractivity contribution in [3.63, 3.8) is 0 Å². The maximum atomic E-state index is 12.8. The number of aliphatic hydroxyl groups excluding tert-OH is 1. The largest absolute Gasteiger partial charge is 0.443 e. The number of rotatable bonds is 3. The molecule has 1 N–H and O–H groups in total. The van der Waals surface area contributed by atoms with Crippen molar-refractivity contribution in [2.24, 2.45) is 0 Å². The minimum absolute atomic E-state index is 0.150. The molecule has 3 aromatic rings. The quantitative estimate of drug-likeness (QED) is 0.793. The molecular formula is C19H22N2O3. The highest BCUT2D eigenvalue weighted by atomic mass is 16.6. The lowest BCUT2D eigenvalue weighted by Crippen LogP contribution is -2.27. The number of nitrogens with zero attached hydrogens (tertiary/aromatic N) is 2. The Morgan fingerprint density at radius 3 is 2.71 bits per heavy atom. The average molecular weight is 326 g/mol. The number of carbonyl (C=O) groups excluding carboxylic acids is 1. The molecule has 3 rings (SSSR count). The summed E-state index contributed by atoms with van der Waals surface area (Å²) in [5, 5.41) is 10.9. The fourth-order valence-electron chi connectivity index (χ4n) is 2.85. The Labute approximate surface area is 140 Å². The van der Waals surface area contributed by atoms with E-state index >= 15 is 0 Å². The predicted octanol–water partition coefficient (Wildman–Crippen LogP) is 3.90. The number of hydrogen-bond donors (Lipinski definition) is 1. The number of carbonyl (C=O) groups is 1. The van der Waals surface area contributed by atoms with E-state index < -0.39 is 11.7 Å². The van der Waals surface area contributed by atoms with Crippen LogP contribution in [-0.2, 0) is 11.2 Å². The van der Waals surface area contributed by atoms with Gasteiger partial charge in [-0.15, -0.1) is 0 Å². The van der Waals surface area contributed by atoms with Gasteiger partial charge < -0.3 is 9.84 Å². The van der Waals surface area contributed by atoms with Crippen molar-refractivity contribution in [3.8, 4) is 0 Å². The van der Waals surface area contributed by atoms with Crippen molar-refractivity contribution < 1.29 is 14.6 Å². The highest BCUT2D eigenvalue weighted by molar-refractivity contribution is 6.12. The van der Waals surface area contributed by atoms with Gasteiger partial charge in [0, 0.05) is 29.8 Å². The summed E-state index contributed by atoms with van der Waals surface area (Å²) in [5.41, 5.74) is 2.11. The Morgan fingerprint density at radius 2 is 2.00 bits per heavy atom. The third-order valence-electron chi connectivity index (χ3n) is 3.83. The average Bonchev–Trinajstić information content (AvgIpc) is 2.85. The highest BCUT2D eigenvalue weighted by Gasteiger charge is 2.22. The fraction of sp³-hybridized carbons (Fsp3) is 0.368. The number of aryl methyl sites for hydroxylation is 1. The van der Waals surface area contributed by atoms with Gasteiger partial charge in [0.05, 0.1) is 11.0 Å². The van der Waals surface area contributed by atoms with Crippen molar-refractivity contribution in [2.75, 3.05) is 6.61 Å². The van der Waals surface area contributed by atoms with Gasteiger partial charge in [-0.25, -0.2) is 9.36 Å². The van der Waals surface area contributed by atoms with Gasteiger partial charge in [0.25, 0.3) is 0 Å². The van der Waals surface area contributed by atoms with E-state index in [1.165, 1.54) is 0 Å². The smallest absolute Gasteiger partial charge is 0.419 e. The molecule has 5 heteroatoms. The molecule has 0 spiro atoms. The third-order valence-corrected chi connectivity index (χ3v) is 3.83. The van der Waals surface area contributed by atoms with Crippen LogP contribution in [0, 0.1) is 0 Å². The molecule has 0 atom stereocenters. The van der Waals surface area contributed by atoms with Crippen LogP contribution in [0.5, 0.6) is 0 Å². The van der Waals surface area contributed by atoms with Crippen LogP contribution >= 0.6 is 0 Å². The van der Waals surface area contributed by atoms with Crippen molar-refractivity contribution in [3.05, 3.63) is 42.2 Å². The summed E-state index contributed by atoms with van der Waals surface area (Å²) in [5.74, 6) is 0. The molecule has 126 valence electrons. The Balaban J connectivity index is 2.20. The lowest BCUT2D eigenvalue weighted by Gasteiger charge is -2.20. The number of ether oxygens (including phenoxy) is 1. The van der Waals surface area contributed by atoms with E-state index in [1.54, 1.807) is 17.0 Å². The van der Waals surface area contributed by atoms with Crippen molar-refractivity contribution >= 4 is 27.9 Å². The Morgan fingerprint density at radius 1 is 1.21 bits per heavy atom. The molecule has 0 radical (unpaired) electrons. The Kier molecular flexibility index (Phi) is 4.28. The number of pyridine rings is 1. The number of aromatic nitrogens is 2. The normalized spacial score (nSPS) is 12.0. The zero-order valence-electron chi connectivity index (χ0n) is 14.2. The van der Waals surface area contributed by atoms with E-state index in [0.717, 1.165) is 33.8 Å². The number of fused-ring (bicyclic) bond motifs is 3. The van der Waals surface area contributed by atoms with Gasteiger partial charge in [-0.2, -0.15) is 0 Å². The zero-order chi connectivity index (χ0) is 17.3. The van der Waals surface area contributed by atoms with Gasteiger partial charge in [-0.3, -0.25) is 4.98 Å². The summed E-state index contributed by atoms with van der Waals surface area (Å²) in [6.07, 6.45) is 4.51. The summed E-state index contributed by atoms with van der Waals surface area (Å²) in [6, 6.07) is 7.86. The standard InChI is InChI=1S/C19H22N2O3/c1-19(2,3)24-18(23)21-16-8-9-20-12-15(16)14-7-6-13(5-4-10-22)11-17(14)21/h6-9,11-12,22H,4-5,10H2,1-3H3. The van der Waals surface area contributed by atoms with E-state index in [1.807, 2.05) is 45.0 Å². The summed E-state index contributed by atoms with van der Waals surface area (Å²) >= 11 is 0. The number of aliphatic hydroxyl groups is 1. The maximum absolute atomic E-state index is 12.8. The van der Waals surface area contributed by atoms with Crippen LogP contribution < -0.4 is 0 Å². The topological polar surface area (TPSA) is 64.4 Å². The summed E-state index contributed by atoms with van der Waals surface area (Å²) in [6.45, 7) is 5.71. The molecule has 0 aliphatic heterocycles. The van der Waals surface area contributed by atoms with Crippen molar-refractivity contribution in [1.82, 2.24) is 9.55 Å². The molecule has 0 bridgehead atoms. The molecule has 0 aliphatic carbocycles. The van der Waals surface area contributed by atoms with Gasteiger partial charge in [0.2, 0.25) is 0 Å². The van der Waals surface area contributed by atoms with Gasteiger partial charge in [0.15, 0.2) is 0 Å².